The van der Waals surface area contributed by atoms with Crippen LogP contribution in [0.2, 0.25) is 0 Å². The fourth-order valence-electron chi connectivity index (χ4n) is 1.44. The maximum Gasteiger partial charge on any atom is 0.106 e. The van der Waals surface area contributed by atoms with Crippen molar-refractivity contribution in [1.29, 1.82) is 0 Å². The van der Waals surface area contributed by atoms with E-state index in [1.165, 1.54) is 5.56 Å². The van der Waals surface area contributed by atoms with Gasteiger partial charge in [-0.25, -0.2) is 4.98 Å². The van der Waals surface area contributed by atoms with Gasteiger partial charge in [-0.3, -0.25) is 4.98 Å². The van der Waals surface area contributed by atoms with Gasteiger partial charge in [0.15, 0.2) is 0 Å². The van der Waals surface area contributed by atoms with Crippen molar-refractivity contribution < 1.29 is 0 Å². The van der Waals surface area contributed by atoms with Gasteiger partial charge in [-0.15, -0.1) is 0 Å². The highest BCUT2D eigenvalue weighted by atomic mass is 14.9. The molecule has 0 spiro atoms. The van der Waals surface area contributed by atoms with Crippen LogP contribution in [0, 0.1) is 0 Å². The van der Waals surface area contributed by atoms with Crippen LogP contribution in [0.15, 0.2) is 36.9 Å². The summed E-state index contributed by atoms with van der Waals surface area (Å²) in [5.41, 5.74) is 1.29. The third-order valence-corrected chi connectivity index (χ3v) is 2.16. The van der Waals surface area contributed by atoms with Crippen LogP contribution >= 0.6 is 0 Å². The van der Waals surface area contributed by atoms with E-state index in [-0.39, 0.29) is 0 Å². The molecule has 0 saturated heterocycles. The molecule has 2 aromatic heterocycles. The molecule has 0 atom stereocenters. The molecule has 0 aliphatic carbocycles. The van der Waals surface area contributed by atoms with Crippen LogP contribution in [0.3, 0.4) is 0 Å². The first-order chi connectivity index (χ1) is 6.95. The van der Waals surface area contributed by atoms with Crippen molar-refractivity contribution in [2.45, 2.75) is 19.3 Å². The third-order valence-electron chi connectivity index (χ3n) is 2.16. The lowest BCUT2D eigenvalue weighted by atomic mass is 10.1. The molecular weight excluding hydrogens is 174 g/mol. The van der Waals surface area contributed by atoms with Gasteiger partial charge in [-0.2, -0.15) is 0 Å². The van der Waals surface area contributed by atoms with Gasteiger partial charge in [0.1, 0.15) is 5.82 Å². The summed E-state index contributed by atoms with van der Waals surface area (Å²) in [7, 11) is 0. The molecular formula is C11H13N3. The maximum atomic E-state index is 4.18. The topological polar surface area (TPSA) is 41.6 Å². The average molecular weight is 187 g/mol. The molecule has 72 valence electrons. The zero-order valence-corrected chi connectivity index (χ0v) is 7.98. The Bertz CT molecular complexity index is 353. The molecule has 0 fully saturated rings. The van der Waals surface area contributed by atoms with E-state index in [9.17, 15) is 0 Å². The predicted octanol–water partition coefficient (Wildman–Crippen LogP) is 1.98. The Morgan fingerprint density at radius 1 is 1.21 bits per heavy atom. The lowest BCUT2D eigenvalue weighted by molar-refractivity contribution is 0.780. The first-order valence-corrected chi connectivity index (χ1v) is 4.82. The summed E-state index contributed by atoms with van der Waals surface area (Å²) in [5.74, 6) is 1.06. The summed E-state index contributed by atoms with van der Waals surface area (Å²) in [6.07, 6.45) is 10.5. The lowest BCUT2D eigenvalue weighted by Gasteiger charge is -1.98. The van der Waals surface area contributed by atoms with E-state index < -0.39 is 0 Å². The minimum Gasteiger partial charge on any atom is -0.349 e. The highest BCUT2D eigenvalue weighted by molar-refractivity contribution is 5.08. The zero-order chi connectivity index (χ0) is 9.64. The van der Waals surface area contributed by atoms with Crippen molar-refractivity contribution in [3.05, 3.63) is 48.3 Å². The van der Waals surface area contributed by atoms with Gasteiger partial charge in [0.2, 0.25) is 0 Å². The fourth-order valence-corrected chi connectivity index (χ4v) is 1.44. The third kappa shape index (κ3) is 2.42. The lowest BCUT2D eigenvalue weighted by Crippen LogP contribution is -1.92. The second-order valence-corrected chi connectivity index (χ2v) is 3.25. The summed E-state index contributed by atoms with van der Waals surface area (Å²) < 4.78 is 0. The molecule has 0 saturated carbocycles. The largest absolute Gasteiger partial charge is 0.349 e. The second-order valence-electron chi connectivity index (χ2n) is 3.25. The molecule has 2 rings (SSSR count). The van der Waals surface area contributed by atoms with Gasteiger partial charge in [-0.05, 0) is 24.5 Å². The Morgan fingerprint density at radius 3 is 2.93 bits per heavy atom. The molecule has 0 bridgehead atoms. The molecule has 1 N–H and O–H groups in total. The molecule has 2 aromatic rings. The monoisotopic (exact) mass is 187 g/mol. The molecule has 14 heavy (non-hydrogen) atoms. The maximum absolute atomic E-state index is 4.18. The SMILES string of the molecule is c1cncc(CCCc2ncc[nH]2)c1. The molecule has 2 heterocycles. The van der Waals surface area contributed by atoms with Crippen molar-refractivity contribution in [3.8, 4) is 0 Å². The number of rotatable bonds is 4. The molecule has 0 aliphatic rings. The van der Waals surface area contributed by atoms with Crippen molar-refractivity contribution in [3.63, 3.8) is 0 Å². The van der Waals surface area contributed by atoms with Gasteiger partial charge in [0.05, 0.1) is 0 Å². The van der Waals surface area contributed by atoms with Crippen molar-refractivity contribution in [2.75, 3.05) is 0 Å². The zero-order valence-electron chi connectivity index (χ0n) is 7.98. The number of aromatic amines is 1. The summed E-state index contributed by atoms with van der Waals surface area (Å²) in [4.78, 5) is 11.3. The molecule has 3 heteroatoms. The minimum atomic E-state index is 1.00. The standard InChI is InChI=1S/C11H13N3/c1(5-11-13-7-8-14-11)3-10-4-2-6-12-9-10/h2,4,6-9H,1,3,5H2,(H,13,14). The Kier molecular flexibility index (Phi) is 2.91. The number of hydrogen-bond donors (Lipinski definition) is 1. The number of aryl methyl sites for hydroxylation is 2. The van der Waals surface area contributed by atoms with Gasteiger partial charge < -0.3 is 4.98 Å². The molecule has 3 nitrogen and oxygen atoms in total. The number of imidazole rings is 1. The van der Waals surface area contributed by atoms with E-state index in [1.54, 1.807) is 12.4 Å². The normalized spacial score (nSPS) is 10.3. The Hall–Kier alpha value is -1.64. The van der Waals surface area contributed by atoms with E-state index in [1.807, 2.05) is 18.5 Å². The van der Waals surface area contributed by atoms with Crippen molar-refractivity contribution >= 4 is 0 Å². The summed E-state index contributed by atoms with van der Waals surface area (Å²) in [6, 6.07) is 4.08. The molecule has 0 aromatic carbocycles. The quantitative estimate of drug-likeness (QED) is 0.795. The van der Waals surface area contributed by atoms with E-state index in [4.69, 9.17) is 0 Å². The van der Waals surface area contributed by atoms with Crippen LogP contribution < -0.4 is 0 Å². The Labute approximate surface area is 83.2 Å². The van der Waals surface area contributed by atoms with E-state index in [0.717, 1.165) is 25.1 Å². The van der Waals surface area contributed by atoms with Crippen LogP contribution in [-0.2, 0) is 12.8 Å². The van der Waals surface area contributed by atoms with E-state index in [2.05, 4.69) is 21.0 Å². The highest BCUT2D eigenvalue weighted by Crippen LogP contribution is 2.03. The van der Waals surface area contributed by atoms with Crippen LogP contribution in [0.5, 0.6) is 0 Å². The van der Waals surface area contributed by atoms with Gasteiger partial charge in [0.25, 0.3) is 0 Å². The van der Waals surface area contributed by atoms with Gasteiger partial charge >= 0.3 is 0 Å². The summed E-state index contributed by atoms with van der Waals surface area (Å²) in [6.45, 7) is 0. The van der Waals surface area contributed by atoms with Crippen LogP contribution in [-0.4, -0.2) is 15.0 Å². The number of nitrogens with one attached hydrogen (secondary N) is 1. The van der Waals surface area contributed by atoms with Crippen LogP contribution in [0.25, 0.3) is 0 Å². The minimum absolute atomic E-state index is 1.00. The number of nitrogens with zero attached hydrogens (tertiary/aromatic N) is 2. The molecule has 0 aliphatic heterocycles. The molecule has 0 amide bonds. The summed E-state index contributed by atoms with van der Waals surface area (Å²) >= 11 is 0. The van der Waals surface area contributed by atoms with Crippen molar-refractivity contribution in [2.24, 2.45) is 0 Å². The average Bonchev–Trinajstić information content (AvgIpc) is 2.72. The number of pyridine rings is 1. The Balaban J connectivity index is 1.79. The first kappa shape index (κ1) is 8.94. The van der Waals surface area contributed by atoms with Gasteiger partial charge in [-0.1, -0.05) is 6.07 Å². The number of H-pyrrole nitrogens is 1. The highest BCUT2D eigenvalue weighted by Gasteiger charge is 1.96. The van der Waals surface area contributed by atoms with Crippen LogP contribution in [0.1, 0.15) is 17.8 Å². The predicted molar refractivity (Wildman–Crippen MR) is 54.8 cm³/mol. The fraction of sp³-hybridized carbons (Fsp3) is 0.273. The van der Waals surface area contributed by atoms with Crippen molar-refractivity contribution in [1.82, 2.24) is 15.0 Å². The first-order valence-electron chi connectivity index (χ1n) is 4.82. The van der Waals surface area contributed by atoms with Gasteiger partial charge in [0, 0.05) is 31.2 Å². The summed E-state index contributed by atoms with van der Waals surface area (Å²) in [5, 5.41) is 0. The number of hydrogen-bond acceptors (Lipinski definition) is 2. The molecule has 0 unspecified atom stereocenters. The van der Waals surface area contributed by atoms with E-state index in [0.29, 0.717) is 0 Å². The van der Waals surface area contributed by atoms with Crippen LogP contribution in [0.4, 0.5) is 0 Å². The second kappa shape index (κ2) is 4.56. The smallest absolute Gasteiger partial charge is 0.106 e. The number of aromatic nitrogens is 3. The Morgan fingerprint density at radius 2 is 2.21 bits per heavy atom. The molecule has 0 radical (unpaired) electrons. The van der Waals surface area contributed by atoms with E-state index >= 15 is 0 Å².